The van der Waals surface area contributed by atoms with Crippen molar-refractivity contribution >= 4 is 34.3 Å². The highest BCUT2D eigenvalue weighted by Gasteiger charge is 2.20. The van der Waals surface area contributed by atoms with Crippen molar-refractivity contribution in [1.29, 1.82) is 0 Å². The minimum atomic E-state index is -0.252. The topological polar surface area (TPSA) is 100 Å². The van der Waals surface area contributed by atoms with Crippen LogP contribution in [0, 0.1) is 0 Å². The Labute approximate surface area is 207 Å². The molecule has 0 spiro atoms. The number of carbonyl (C=O) groups excluding carboxylic acids is 1. The molecule has 3 aromatic heterocycles. The number of carbonyl (C=O) groups is 1. The number of hydrogen-bond acceptors (Lipinski definition) is 8. The number of nitrogens with zero attached hydrogens (tertiary/aromatic N) is 6. The highest BCUT2D eigenvalue weighted by molar-refractivity contribution is 6.07. The van der Waals surface area contributed by atoms with E-state index in [-0.39, 0.29) is 5.91 Å². The first-order valence-electron chi connectivity index (χ1n) is 11.7. The molecular weight excluding hydrogens is 454 g/mol. The van der Waals surface area contributed by atoms with Crippen LogP contribution in [0.25, 0.3) is 22.2 Å². The lowest BCUT2D eigenvalue weighted by molar-refractivity contribution is 0.102. The molecule has 9 nitrogen and oxygen atoms in total. The van der Waals surface area contributed by atoms with E-state index in [2.05, 4.69) is 35.2 Å². The first-order valence-corrected chi connectivity index (χ1v) is 11.7. The van der Waals surface area contributed by atoms with Gasteiger partial charge in [0.05, 0.1) is 23.5 Å². The molecule has 0 atom stereocenters. The van der Waals surface area contributed by atoms with Crippen LogP contribution >= 0.6 is 0 Å². The molecule has 0 aliphatic carbocycles. The molecule has 1 saturated heterocycles. The van der Waals surface area contributed by atoms with E-state index >= 15 is 0 Å². The number of anilines is 3. The number of hydrogen-bond donors (Lipinski definition) is 1. The number of pyridine rings is 1. The zero-order valence-electron chi connectivity index (χ0n) is 19.4. The summed E-state index contributed by atoms with van der Waals surface area (Å²) in [5, 5.41) is 7.78. The fourth-order valence-electron chi connectivity index (χ4n) is 4.31. The standard InChI is InChI=1S/C27H23N7O2/c35-26(20-9-10-23-22(16-20)25(36-32-23)19-6-2-1-3-7-19)31-21-17-29-27(30-18-21)34-14-12-33(13-15-34)24-8-4-5-11-28-24/h1-11,16-18H,12-15H2,(H,31,35). The molecule has 1 N–H and O–H groups in total. The summed E-state index contributed by atoms with van der Waals surface area (Å²) < 4.78 is 5.54. The molecule has 1 aliphatic rings. The third-order valence-electron chi connectivity index (χ3n) is 6.21. The van der Waals surface area contributed by atoms with Gasteiger partial charge in [0.2, 0.25) is 5.95 Å². The summed E-state index contributed by atoms with van der Waals surface area (Å²) in [5.41, 5.74) is 2.63. The first-order chi connectivity index (χ1) is 17.7. The second-order valence-electron chi connectivity index (χ2n) is 8.50. The van der Waals surface area contributed by atoms with Gasteiger partial charge in [-0.1, -0.05) is 41.6 Å². The number of fused-ring (bicyclic) bond motifs is 1. The van der Waals surface area contributed by atoms with Gasteiger partial charge in [0.25, 0.3) is 5.91 Å². The summed E-state index contributed by atoms with van der Waals surface area (Å²) in [6.07, 6.45) is 5.08. The third kappa shape index (κ3) is 4.34. The van der Waals surface area contributed by atoms with Crippen LogP contribution < -0.4 is 15.1 Å². The number of piperazine rings is 1. The minimum Gasteiger partial charge on any atom is -0.355 e. The molecule has 1 amide bonds. The zero-order chi connectivity index (χ0) is 24.3. The SMILES string of the molecule is O=C(Nc1cnc(N2CCN(c3ccccn3)CC2)nc1)c1ccc2noc(-c3ccccc3)c2c1. The van der Waals surface area contributed by atoms with E-state index in [9.17, 15) is 4.79 Å². The molecule has 178 valence electrons. The molecule has 5 aromatic rings. The summed E-state index contributed by atoms with van der Waals surface area (Å²) in [6, 6.07) is 20.9. The predicted octanol–water partition coefficient (Wildman–Crippen LogP) is 4.26. The van der Waals surface area contributed by atoms with Crippen molar-refractivity contribution in [2.24, 2.45) is 0 Å². The van der Waals surface area contributed by atoms with Crippen molar-refractivity contribution < 1.29 is 9.32 Å². The van der Waals surface area contributed by atoms with Crippen LogP contribution in [-0.4, -0.2) is 52.2 Å². The van der Waals surface area contributed by atoms with Crippen LogP contribution in [0.4, 0.5) is 17.5 Å². The van der Waals surface area contributed by atoms with Gasteiger partial charge in [0.1, 0.15) is 11.3 Å². The van der Waals surface area contributed by atoms with Gasteiger partial charge in [0.15, 0.2) is 5.76 Å². The lowest BCUT2D eigenvalue weighted by Gasteiger charge is -2.35. The van der Waals surface area contributed by atoms with Crippen LogP contribution in [-0.2, 0) is 0 Å². The summed E-state index contributed by atoms with van der Waals surface area (Å²) in [5.74, 6) is 2.01. The molecule has 0 unspecified atom stereocenters. The van der Waals surface area contributed by atoms with Gasteiger partial charge < -0.3 is 19.6 Å². The summed E-state index contributed by atoms with van der Waals surface area (Å²) in [6.45, 7) is 3.28. The summed E-state index contributed by atoms with van der Waals surface area (Å²) in [7, 11) is 0. The van der Waals surface area contributed by atoms with Crippen LogP contribution in [0.15, 0.2) is 89.8 Å². The van der Waals surface area contributed by atoms with E-state index < -0.39 is 0 Å². The first kappa shape index (κ1) is 21.7. The van der Waals surface area contributed by atoms with Gasteiger partial charge in [-0.3, -0.25) is 4.79 Å². The third-order valence-corrected chi connectivity index (χ3v) is 6.21. The highest BCUT2D eigenvalue weighted by atomic mass is 16.5. The Morgan fingerprint density at radius 1 is 0.833 bits per heavy atom. The maximum Gasteiger partial charge on any atom is 0.255 e. The largest absolute Gasteiger partial charge is 0.355 e. The Morgan fingerprint density at radius 2 is 1.58 bits per heavy atom. The average Bonchev–Trinajstić information content (AvgIpc) is 3.38. The Kier molecular flexibility index (Phi) is 5.71. The molecule has 0 radical (unpaired) electrons. The van der Waals surface area contributed by atoms with Crippen molar-refractivity contribution in [3.8, 4) is 11.3 Å². The molecule has 9 heteroatoms. The number of benzene rings is 2. The molecule has 0 bridgehead atoms. The quantitative estimate of drug-likeness (QED) is 0.401. The lowest BCUT2D eigenvalue weighted by atomic mass is 10.1. The van der Waals surface area contributed by atoms with E-state index in [1.807, 2.05) is 54.7 Å². The Bertz CT molecular complexity index is 1480. The lowest BCUT2D eigenvalue weighted by Crippen LogP contribution is -2.47. The van der Waals surface area contributed by atoms with E-state index in [1.54, 1.807) is 30.6 Å². The molecule has 1 aliphatic heterocycles. The van der Waals surface area contributed by atoms with Gasteiger partial charge in [-0.15, -0.1) is 0 Å². The van der Waals surface area contributed by atoms with Gasteiger partial charge in [-0.25, -0.2) is 15.0 Å². The fraction of sp³-hybridized carbons (Fsp3) is 0.148. The van der Waals surface area contributed by atoms with Crippen molar-refractivity contribution in [3.63, 3.8) is 0 Å². The zero-order valence-corrected chi connectivity index (χ0v) is 19.4. The van der Waals surface area contributed by atoms with E-state index in [4.69, 9.17) is 4.52 Å². The van der Waals surface area contributed by atoms with Gasteiger partial charge in [-0.05, 0) is 30.3 Å². The van der Waals surface area contributed by atoms with Crippen molar-refractivity contribution in [2.45, 2.75) is 0 Å². The highest BCUT2D eigenvalue weighted by Crippen LogP contribution is 2.29. The molecule has 36 heavy (non-hydrogen) atoms. The van der Waals surface area contributed by atoms with E-state index in [0.717, 1.165) is 42.9 Å². The average molecular weight is 478 g/mol. The van der Waals surface area contributed by atoms with Gasteiger partial charge in [-0.2, -0.15) is 0 Å². The number of nitrogens with one attached hydrogen (secondary N) is 1. The van der Waals surface area contributed by atoms with E-state index in [0.29, 0.717) is 28.5 Å². The molecular formula is C27H23N7O2. The van der Waals surface area contributed by atoms with E-state index in [1.165, 1.54) is 0 Å². The summed E-state index contributed by atoms with van der Waals surface area (Å²) >= 11 is 0. The molecule has 2 aromatic carbocycles. The van der Waals surface area contributed by atoms with Crippen LogP contribution in [0.2, 0.25) is 0 Å². The number of rotatable bonds is 5. The van der Waals surface area contributed by atoms with Crippen molar-refractivity contribution in [1.82, 2.24) is 20.1 Å². The normalized spacial score (nSPS) is 13.7. The second-order valence-corrected chi connectivity index (χ2v) is 8.50. The Morgan fingerprint density at radius 3 is 2.33 bits per heavy atom. The minimum absolute atomic E-state index is 0.252. The Hall–Kier alpha value is -4.79. The number of aromatic nitrogens is 4. The maximum absolute atomic E-state index is 12.9. The monoisotopic (exact) mass is 477 g/mol. The van der Waals surface area contributed by atoms with Crippen LogP contribution in [0.3, 0.4) is 0 Å². The number of amides is 1. The van der Waals surface area contributed by atoms with Crippen molar-refractivity contribution in [3.05, 3.63) is 90.9 Å². The van der Waals surface area contributed by atoms with Crippen LogP contribution in [0.5, 0.6) is 0 Å². The molecule has 1 fully saturated rings. The second kappa shape index (κ2) is 9.46. The van der Waals surface area contributed by atoms with Crippen molar-refractivity contribution in [2.75, 3.05) is 41.3 Å². The maximum atomic E-state index is 12.9. The summed E-state index contributed by atoms with van der Waals surface area (Å²) in [4.78, 5) is 30.7. The van der Waals surface area contributed by atoms with Gasteiger partial charge >= 0.3 is 0 Å². The van der Waals surface area contributed by atoms with Crippen LogP contribution in [0.1, 0.15) is 10.4 Å². The van der Waals surface area contributed by atoms with Gasteiger partial charge in [0, 0.05) is 43.5 Å². The Balaban J connectivity index is 1.12. The fourth-order valence-corrected chi connectivity index (χ4v) is 4.31. The molecule has 4 heterocycles. The predicted molar refractivity (Wildman–Crippen MR) is 138 cm³/mol. The molecule has 0 saturated carbocycles. The molecule has 6 rings (SSSR count). The smallest absolute Gasteiger partial charge is 0.255 e.